The molecule has 208 valence electrons. The maximum absolute atomic E-state index is 14.6. The van der Waals surface area contributed by atoms with Crippen molar-refractivity contribution in [3.8, 4) is 17.6 Å². The van der Waals surface area contributed by atoms with Crippen molar-refractivity contribution >= 4 is 45.1 Å². The quantitative estimate of drug-likeness (QED) is 0.349. The van der Waals surface area contributed by atoms with Gasteiger partial charge in [0.1, 0.15) is 28.3 Å². The number of halogens is 2. The molecule has 1 aromatic carbocycles. The largest absolute Gasteiger partial charge is 0.458 e. The van der Waals surface area contributed by atoms with Crippen molar-refractivity contribution in [3.05, 3.63) is 48.0 Å². The minimum absolute atomic E-state index is 0.0793. The lowest BCUT2D eigenvalue weighted by Crippen LogP contribution is -2.48. The molecule has 0 unspecified atom stereocenters. The van der Waals surface area contributed by atoms with Gasteiger partial charge in [0.2, 0.25) is 11.8 Å². The van der Waals surface area contributed by atoms with Gasteiger partial charge in [0.15, 0.2) is 5.75 Å². The summed E-state index contributed by atoms with van der Waals surface area (Å²) in [7, 11) is 2.05. The van der Waals surface area contributed by atoms with E-state index in [4.69, 9.17) is 31.0 Å². The van der Waals surface area contributed by atoms with Gasteiger partial charge in [-0.25, -0.2) is 9.37 Å². The number of likely N-dealkylation sites (tertiary alicyclic amines) is 1. The Morgan fingerprint density at radius 3 is 2.75 bits per heavy atom. The van der Waals surface area contributed by atoms with Gasteiger partial charge in [-0.3, -0.25) is 9.89 Å². The highest BCUT2D eigenvalue weighted by Gasteiger charge is 2.31. The Bertz CT molecular complexity index is 1610. The number of likely N-dealkylation sites (N-methyl/N-ethyl adjacent to an activating group) is 1. The highest BCUT2D eigenvalue weighted by atomic mass is 35.5. The van der Waals surface area contributed by atoms with Crippen molar-refractivity contribution in [2.45, 2.75) is 13.0 Å². The third-order valence-corrected chi connectivity index (χ3v) is 7.73. The number of nitrogens with zero attached hydrogens (tertiary/aromatic N) is 7. The molecule has 1 amide bonds. The Kier molecular flexibility index (Phi) is 6.88. The summed E-state index contributed by atoms with van der Waals surface area (Å²) < 4.78 is 27.1. The number of hydrogen-bond acceptors (Lipinski definition) is 9. The first-order valence-corrected chi connectivity index (χ1v) is 13.4. The van der Waals surface area contributed by atoms with Crippen LogP contribution in [0.15, 0.2) is 37.2 Å². The van der Waals surface area contributed by atoms with Crippen LogP contribution in [0.4, 0.5) is 10.2 Å². The lowest BCUT2D eigenvalue weighted by molar-refractivity contribution is -0.126. The first-order valence-electron chi connectivity index (χ1n) is 13.0. The number of ether oxygens (including phenoxy) is 2. The van der Waals surface area contributed by atoms with Crippen molar-refractivity contribution in [2.75, 3.05) is 51.2 Å². The predicted octanol–water partition coefficient (Wildman–Crippen LogP) is 3.65. The average molecular weight is 567 g/mol. The second kappa shape index (κ2) is 10.5. The maximum atomic E-state index is 14.6. The number of carbonyl (C=O) groups is 1. The minimum Gasteiger partial charge on any atom is -0.458 e. The SMILES string of the molecule is C=CC(=O)N1CCN(c2nc(O[C@@H]3CN(C)C[C@@H]3C)nc3c(Oc4c(Cl)c(F)cc5[nH]ncc45)nccc23)CC1. The Morgan fingerprint density at radius 2 is 2.02 bits per heavy atom. The summed E-state index contributed by atoms with van der Waals surface area (Å²) >= 11 is 6.33. The van der Waals surface area contributed by atoms with Gasteiger partial charge in [-0.05, 0) is 19.2 Å². The molecule has 6 rings (SSSR count). The lowest BCUT2D eigenvalue weighted by Gasteiger charge is -2.35. The molecular formula is C27H28ClFN8O3. The molecular weight excluding hydrogens is 539 g/mol. The topological polar surface area (TPSA) is 113 Å². The average Bonchev–Trinajstić information content (AvgIpc) is 3.55. The van der Waals surface area contributed by atoms with Gasteiger partial charge in [0, 0.05) is 57.4 Å². The summed E-state index contributed by atoms with van der Waals surface area (Å²) in [6.07, 6.45) is 4.32. The Morgan fingerprint density at radius 1 is 1.23 bits per heavy atom. The number of pyridine rings is 1. The molecule has 0 aliphatic carbocycles. The van der Waals surface area contributed by atoms with E-state index in [1.807, 2.05) is 7.05 Å². The molecule has 0 radical (unpaired) electrons. The van der Waals surface area contributed by atoms with Crippen LogP contribution in [0.25, 0.3) is 21.8 Å². The van der Waals surface area contributed by atoms with E-state index < -0.39 is 5.82 Å². The maximum Gasteiger partial charge on any atom is 0.319 e. The zero-order chi connectivity index (χ0) is 28.0. The van der Waals surface area contributed by atoms with Crippen LogP contribution >= 0.6 is 11.6 Å². The van der Waals surface area contributed by atoms with Crippen LogP contribution in [0.5, 0.6) is 17.6 Å². The first kappa shape index (κ1) is 26.2. The summed E-state index contributed by atoms with van der Waals surface area (Å²) in [5, 5.41) is 7.71. The molecule has 2 atom stereocenters. The molecule has 0 saturated carbocycles. The molecule has 2 fully saturated rings. The third kappa shape index (κ3) is 4.77. The van der Waals surface area contributed by atoms with E-state index >= 15 is 0 Å². The van der Waals surface area contributed by atoms with E-state index in [2.05, 4.69) is 38.5 Å². The van der Waals surface area contributed by atoms with E-state index in [-0.39, 0.29) is 40.6 Å². The van der Waals surface area contributed by atoms with Crippen LogP contribution in [0.1, 0.15) is 6.92 Å². The molecule has 3 aromatic heterocycles. The molecule has 4 aromatic rings. The van der Waals surface area contributed by atoms with Gasteiger partial charge >= 0.3 is 6.01 Å². The number of aromatic amines is 1. The fourth-order valence-corrected chi connectivity index (χ4v) is 5.49. The first-order chi connectivity index (χ1) is 19.3. The van der Waals surface area contributed by atoms with Crippen LogP contribution < -0.4 is 14.4 Å². The van der Waals surface area contributed by atoms with Crippen LogP contribution in [0, 0.1) is 11.7 Å². The Hall–Kier alpha value is -4.03. The van der Waals surface area contributed by atoms with Crippen molar-refractivity contribution in [2.24, 2.45) is 5.92 Å². The van der Waals surface area contributed by atoms with Gasteiger partial charge < -0.3 is 24.2 Å². The number of benzene rings is 1. The molecule has 13 heteroatoms. The molecule has 40 heavy (non-hydrogen) atoms. The number of nitrogens with one attached hydrogen (secondary N) is 1. The minimum atomic E-state index is -0.653. The number of rotatable bonds is 6. The van der Waals surface area contributed by atoms with Crippen LogP contribution in [0.3, 0.4) is 0 Å². The number of aromatic nitrogens is 5. The van der Waals surface area contributed by atoms with Crippen molar-refractivity contribution in [3.63, 3.8) is 0 Å². The number of carbonyl (C=O) groups excluding carboxylic acids is 1. The number of amides is 1. The zero-order valence-electron chi connectivity index (χ0n) is 22.1. The molecule has 0 bridgehead atoms. The van der Waals surface area contributed by atoms with Gasteiger partial charge in [0.25, 0.3) is 0 Å². The van der Waals surface area contributed by atoms with E-state index in [9.17, 15) is 9.18 Å². The van der Waals surface area contributed by atoms with E-state index in [1.165, 1.54) is 18.3 Å². The van der Waals surface area contributed by atoms with Gasteiger partial charge in [-0.2, -0.15) is 15.1 Å². The normalized spacial score (nSPS) is 19.9. The standard InChI is InChI=1S/C27H28ClFN8O3/c1-4-21(38)36-7-9-37(10-8-36)25-16-5-6-30-26(40-24-17-12-31-34-19(17)11-18(29)22(24)28)23(16)32-27(33-25)39-20-14-35(3)13-15(20)2/h4-6,11-12,15,20H,1,7-10,13-14H2,2-3H3,(H,31,34)/t15-,20+/m0/s1. The van der Waals surface area contributed by atoms with E-state index in [1.54, 1.807) is 17.2 Å². The molecule has 1 N–H and O–H groups in total. The summed E-state index contributed by atoms with van der Waals surface area (Å²) in [6, 6.07) is 3.25. The molecule has 5 heterocycles. The summed E-state index contributed by atoms with van der Waals surface area (Å²) in [4.78, 5) is 32.1. The molecule has 2 aliphatic rings. The molecule has 2 saturated heterocycles. The fourth-order valence-electron chi connectivity index (χ4n) is 5.29. The zero-order valence-corrected chi connectivity index (χ0v) is 22.9. The number of piperazine rings is 1. The van der Waals surface area contributed by atoms with Gasteiger partial charge in [0.05, 0.1) is 22.5 Å². The van der Waals surface area contributed by atoms with Crippen molar-refractivity contribution in [1.29, 1.82) is 0 Å². The Balaban J connectivity index is 1.43. The summed E-state index contributed by atoms with van der Waals surface area (Å²) in [5.41, 5.74) is 0.825. The van der Waals surface area contributed by atoms with Crippen molar-refractivity contribution in [1.82, 2.24) is 34.9 Å². The lowest BCUT2D eigenvalue weighted by atomic mass is 10.1. The van der Waals surface area contributed by atoms with Crippen LogP contribution in [-0.4, -0.2) is 93.3 Å². The van der Waals surface area contributed by atoms with Crippen LogP contribution in [0.2, 0.25) is 5.02 Å². The highest BCUT2D eigenvalue weighted by Crippen LogP contribution is 2.40. The monoisotopic (exact) mass is 566 g/mol. The fraction of sp³-hybridized carbons (Fsp3) is 0.370. The second-order valence-corrected chi connectivity index (χ2v) is 10.5. The number of anilines is 1. The number of fused-ring (bicyclic) bond motifs is 2. The summed E-state index contributed by atoms with van der Waals surface area (Å²) in [6.45, 7) is 9.51. The Labute approximate surface area is 234 Å². The van der Waals surface area contributed by atoms with Gasteiger partial charge in [-0.1, -0.05) is 25.1 Å². The van der Waals surface area contributed by atoms with E-state index in [0.717, 1.165) is 13.1 Å². The molecule has 11 nitrogen and oxygen atoms in total. The summed E-state index contributed by atoms with van der Waals surface area (Å²) in [5.74, 6) is 0.364. The predicted molar refractivity (Wildman–Crippen MR) is 149 cm³/mol. The molecule has 0 spiro atoms. The smallest absolute Gasteiger partial charge is 0.319 e. The third-order valence-electron chi connectivity index (χ3n) is 7.38. The number of H-pyrrole nitrogens is 1. The van der Waals surface area contributed by atoms with E-state index in [0.29, 0.717) is 53.8 Å². The van der Waals surface area contributed by atoms with Crippen LogP contribution in [-0.2, 0) is 4.79 Å². The number of hydrogen-bond donors (Lipinski definition) is 1. The highest BCUT2D eigenvalue weighted by molar-refractivity contribution is 6.33. The molecule has 2 aliphatic heterocycles. The van der Waals surface area contributed by atoms with Crippen molar-refractivity contribution < 1.29 is 18.7 Å². The second-order valence-electron chi connectivity index (χ2n) is 10.1. The van der Waals surface area contributed by atoms with Gasteiger partial charge in [-0.15, -0.1) is 0 Å².